The average Bonchev–Trinajstić information content (AvgIpc) is 2.90. The molecule has 2 aliphatic rings. The monoisotopic (exact) mass is 308 g/mol. The van der Waals surface area contributed by atoms with E-state index < -0.39 is 11.6 Å². The maximum atomic E-state index is 13.5. The normalized spacial score (nSPS) is 26.2. The van der Waals surface area contributed by atoms with Crippen molar-refractivity contribution in [3.63, 3.8) is 0 Å². The number of likely N-dealkylation sites (tertiary alicyclic amines) is 1. The van der Waals surface area contributed by atoms with Crippen molar-refractivity contribution in [3.05, 3.63) is 47.0 Å². The molecule has 3 nitrogen and oxygen atoms in total. The molecule has 2 heterocycles. The molecule has 2 atom stereocenters. The Labute approximate surface area is 129 Å². The van der Waals surface area contributed by atoms with Crippen molar-refractivity contribution < 1.29 is 13.5 Å². The zero-order chi connectivity index (χ0) is 15.5. The fourth-order valence-electron chi connectivity index (χ4n) is 3.34. The lowest BCUT2D eigenvalue weighted by atomic mass is 9.99. The second kappa shape index (κ2) is 6.86. The highest BCUT2D eigenvalue weighted by molar-refractivity contribution is 5.24. The van der Waals surface area contributed by atoms with Crippen LogP contribution >= 0.6 is 0 Å². The fourth-order valence-corrected chi connectivity index (χ4v) is 3.34. The van der Waals surface area contributed by atoms with E-state index in [1.807, 2.05) is 7.05 Å². The van der Waals surface area contributed by atoms with Gasteiger partial charge in [0.25, 0.3) is 0 Å². The average molecular weight is 308 g/mol. The highest BCUT2D eigenvalue weighted by Crippen LogP contribution is 2.31. The standard InChI is InChI=1S/C17H22F2N2O/c1-21-7-6-16(20-10-12-3-2-8-22-11-12)17(21)13-4-5-14(18)15(19)9-13/h3-5,9,16-17,20H,2,6-8,10-11H2,1H3/t16-,17-/m1/s1. The molecule has 1 saturated heterocycles. The first-order chi connectivity index (χ1) is 10.6. The molecule has 0 bridgehead atoms. The largest absolute Gasteiger partial charge is 0.377 e. The molecular formula is C17H22F2N2O. The van der Waals surface area contributed by atoms with E-state index >= 15 is 0 Å². The van der Waals surface area contributed by atoms with E-state index in [0.717, 1.165) is 38.1 Å². The second-order valence-electron chi connectivity index (χ2n) is 6.08. The number of ether oxygens (including phenoxy) is 1. The van der Waals surface area contributed by atoms with Crippen molar-refractivity contribution in [1.29, 1.82) is 0 Å². The van der Waals surface area contributed by atoms with Gasteiger partial charge in [-0.1, -0.05) is 12.1 Å². The van der Waals surface area contributed by atoms with Crippen molar-refractivity contribution in [3.8, 4) is 0 Å². The first kappa shape index (κ1) is 15.6. The van der Waals surface area contributed by atoms with Gasteiger partial charge in [-0.25, -0.2) is 8.78 Å². The van der Waals surface area contributed by atoms with E-state index in [-0.39, 0.29) is 12.1 Å². The minimum absolute atomic E-state index is 0.0696. The summed E-state index contributed by atoms with van der Waals surface area (Å²) in [5, 5.41) is 3.56. The summed E-state index contributed by atoms with van der Waals surface area (Å²) in [5.41, 5.74) is 2.09. The van der Waals surface area contributed by atoms with E-state index in [1.54, 1.807) is 6.07 Å². The minimum Gasteiger partial charge on any atom is -0.377 e. The first-order valence-corrected chi connectivity index (χ1v) is 7.79. The predicted molar refractivity (Wildman–Crippen MR) is 81.7 cm³/mol. The van der Waals surface area contributed by atoms with Crippen LogP contribution < -0.4 is 5.32 Å². The summed E-state index contributed by atoms with van der Waals surface area (Å²) < 4.78 is 32.1. The van der Waals surface area contributed by atoms with E-state index in [0.29, 0.717) is 6.61 Å². The van der Waals surface area contributed by atoms with Crippen LogP contribution in [0.4, 0.5) is 8.78 Å². The number of likely N-dealkylation sites (N-methyl/N-ethyl adjacent to an activating group) is 1. The lowest BCUT2D eigenvalue weighted by Crippen LogP contribution is -2.37. The van der Waals surface area contributed by atoms with Crippen molar-refractivity contribution in [1.82, 2.24) is 10.2 Å². The van der Waals surface area contributed by atoms with Crippen LogP contribution in [0.1, 0.15) is 24.4 Å². The van der Waals surface area contributed by atoms with Gasteiger partial charge >= 0.3 is 0 Å². The third-order valence-corrected chi connectivity index (χ3v) is 4.51. The molecule has 1 aromatic carbocycles. The van der Waals surface area contributed by atoms with E-state index in [4.69, 9.17) is 4.74 Å². The molecule has 0 amide bonds. The highest BCUT2D eigenvalue weighted by Gasteiger charge is 2.33. The third-order valence-electron chi connectivity index (χ3n) is 4.51. The Morgan fingerprint density at radius 1 is 1.32 bits per heavy atom. The van der Waals surface area contributed by atoms with Gasteiger partial charge < -0.3 is 10.1 Å². The molecule has 0 spiro atoms. The maximum Gasteiger partial charge on any atom is 0.159 e. The molecule has 1 aromatic rings. The molecule has 120 valence electrons. The summed E-state index contributed by atoms with van der Waals surface area (Å²) in [6.07, 6.45) is 4.18. The Morgan fingerprint density at radius 3 is 2.91 bits per heavy atom. The van der Waals surface area contributed by atoms with Crippen LogP contribution in [0.5, 0.6) is 0 Å². The van der Waals surface area contributed by atoms with Gasteiger partial charge in [-0.2, -0.15) is 0 Å². The van der Waals surface area contributed by atoms with Crippen LogP contribution in [-0.4, -0.2) is 44.3 Å². The number of benzene rings is 1. The quantitative estimate of drug-likeness (QED) is 0.866. The van der Waals surface area contributed by atoms with Crippen LogP contribution in [0, 0.1) is 11.6 Å². The van der Waals surface area contributed by atoms with Crippen LogP contribution in [0.2, 0.25) is 0 Å². The van der Waals surface area contributed by atoms with Crippen molar-refractivity contribution in [2.24, 2.45) is 0 Å². The summed E-state index contributed by atoms with van der Waals surface area (Å²) >= 11 is 0. The SMILES string of the molecule is CN1CC[C@@H](NCC2=CCCOC2)[C@H]1c1ccc(F)c(F)c1. The zero-order valence-electron chi connectivity index (χ0n) is 12.8. The summed E-state index contributed by atoms with van der Waals surface area (Å²) in [6, 6.07) is 4.52. The molecule has 1 N–H and O–H groups in total. The predicted octanol–water partition coefficient (Wildman–Crippen LogP) is 2.65. The number of hydrogen-bond acceptors (Lipinski definition) is 3. The minimum atomic E-state index is -0.793. The van der Waals surface area contributed by atoms with Crippen molar-refractivity contribution in [2.75, 3.05) is 33.4 Å². The van der Waals surface area contributed by atoms with Gasteiger partial charge in [0.05, 0.1) is 13.2 Å². The number of halogens is 2. The molecule has 0 saturated carbocycles. The third kappa shape index (κ3) is 3.37. The zero-order valence-corrected chi connectivity index (χ0v) is 12.8. The van der Waals surface area contributed by atoms with Crippen LogP contribution in [0.25, 0.3) is 0 Å². The molecule has 0 aliphatic carbocycles. The number of hydrogen-bond donors (Lipinski definition) is 1. The lowest BCUT2D eigenvalue weighted by molar-refractivity contribution is 0.148. The van der Waals surface area contributed by atoms with Gasteiger partial charge in [-0.15, -0.1) is 0 Å². The van der Waals surface area contributed by atoms with Gasteiger partial charge in [-0.3, -0.25) is 4.90 Å². The highest BCUT2D eigenvalue weighted by atomic mass is 19.2. The second-order valence-corrected chi connectivity index (χ2v) is 6.08. The topological polar surface area (TPSA) is 24.5 Å². The van der Waals surface area contributed by atoms with E-state index in [1.165, 1.54) is 17.7 Å². The molecule has 0 radical (unpaired) electrons. The van der Waals surface area contributed by atoms with Crippen LogP contribution in [-0.2, 0) is 4.74 Å². The Kier molecular flexibility index (Phi) is 4.86. The van der Waals surface area contributed by atoms with Crippen molar-refractivity contribution >= 4 is 0 Å². The summed E-state index contributed by atoms with van der Waals surface area (Å²) in [6.45, 7) is 3.22. The molecule has 0 aromatic heterocycles. The smallest absolute Gasteiger partial charge is 0.159 e. The lowest BCUT2D eigenvalue weighted by Gasteiger charge is -2.27. The summed E-state index contributed by atoms with van der Waals surface area (Å²) in [4.78, 5) is 2.19. The van der Waals surface area contributed by atoms with Gasteiger partial charge in [0.15, 0.2) is 11.6 Å². The van der Waals surface area contributed by atoms with Gasteiger partial charge in [0.2, 0.25) is 0 Å². The number of nitrogens with one attached hydrogen (secondary N) is 1. The summed E-state index contributed by atoms with van der Waals surface area (Å²) in [7, 11) is 2.02. The fraction of sp³-hybridized carbons (Fsp3) is 0.529. The number of nitrogens with zero attached hydrogens (tertiary/aromatic N) is 1. The Bertz CT molecular complexity index is 562. The van der Waals surface area contributed by atoms with Crippen molar-refractivity contribution in [2.45, 2.75) is 24.9 Å². The Morgan fingerprint density at radius 2 is 2.18 bits per heavy atom. The Balaban J connectivity index is 1.70. The molecule has 5 heteroatoms. The Hall–Kier alpha value is -1.30. The maximum absolute atomic E-state index is 13.5. The molecule has 1 fully saturated rings. The molecular weight excluding hydrogens is 286 g/mol. The van der Waals surface area contributed by atoms with E-state index in [2.05, 4.69) is 16.3 Å². The molecule has 3 rings (SSSR count). The van der Waals surface area contributed by atoms with Crippen LogP contribution in [0.15, 0.2) is 29.8 Å². The number of rotatable bonds is 4. The molecule has 0 unspecified atom stereocenters. The molecule has 22 heavy (non-hydrogen) atoms. The van der Waals surface area contributed by atoms with Gasteiger partial charge in [0, 0.05) is 25.2 Å². The first-order valence-electron chi connectivity index (χ1n) is 7.79. The molecule has 2 aliphatic heterocycles. The van der Waals surface area contributed by atoms with Gasteiger partial charge in [0.1, 0.15) is 0 Å². The summed E-state index contributed by atoms with van der Waals surface area (Å²) in [5.74, 6) is -1.57. The van der Waals surface area contributed by atoms with E-state index in [9.17, 15) is 8.78 Å². The van der Waals surface area contributed by atoms with Crippen LogP contribution in [0.3, 0.4) is 0 Å². The van der Waals surface area contributed by atoms with Gasteiger partial charge in [-0.05, 0) is 43.2 Å².